The second kappa shape index (κ2) is 5.87. The highest BCUT2D eigenvalue weighted by molar-refractivity contribution is 7.11. The third-order valence-electron chi connectivity index (χ3n) is 2.67. The summed E-state index contributed by atoms with van der Waals surface area (Å²) in [6.45, 7) is 4.24. The maximum Gasteiger partial charge on any atom is 0.287 e. The summed E-state index contributed by atoms with van der Waals surface area (Å²) in [5.41, 5.74) is 0.309. The number of nitrogens with one attached hydrogen (secondary N) is 1. The van der Waals surface area contributed by atoms with Crippen molar-refractivity contribution in [2.75, 3.05) is 0 Å². The van der Waals surface area contributed by atoms with Gasteiger partial charge in [0.1, 0.15) is 6.26 Å². The number of carbonyl (C=O) groups excluding carboxylic acids is 1. The summed E-state index contributed by atoms with van der Waals surface area (Å²) in [6, 6.07) is 0.962. The van der Waals surface area contributed by atoms with Gasteiger partial charge < -0.3 is 14.8 Å². The van der Waals surface area contributed by atoms with Gasteiger partial charge in [0.25, 0.3) is 5.91 Å². The molecule has 7 heteroatoms. The molecule has 106 valence electrons. The molecule has 0 aliphatic rings. The molecular weight excluding hydrogens is 280 g/mol. The molecule has 0 saturated carbocycles. The van der Waals surface area contributed by atoms with Crippen LogP contribution in [0, 0.1) is 6.92 Å². The van der Waals surface area contributed by atoms with Crippen LogP contribution in [0.4, 0.5) is 0 Å². The van der Waals surface area contributed by atoms with E-state index in [0.29, 0.717) is 6.54 Å². The Bertz CT molecular complexity index is 690. The van der Waals surface area contributed by atoms with Crippen molar-refractivity contribution in [1.82, 2.24) is 10.3 Å². The van der Waals surface area contributed by atoms with Gasteiger partial charge in [-0.15, -0.1) is 11.3 Å². The first kappa shape index (κ1) is 14.3. The first-order chi connectivity index (χ1) is 9.51. The van der Waals surface area contributed by atoms with E-state index in [-0.39, 0.29) is 5.76 Å². The molecule has 2 heterocycles. The monoisotopic (exact) mass is 294 g/mol. The number of carbonyl (C=O) groups is 1. The van der Waals surface area contributed by atoms with Gasteiger partial charge in [0.2, 0.25) is 5.43 Å². The number of amides is 1. The van der Waals surface area contributed by atoms with Crippen molar-refractivity contribution in [1.29, 1.82) is 0 Å². The summed E-state index contributed by atoms with van der Waals surface area (Å²) < 4.78 is 4.88. The summed E-state index contributed by atoms with van der Waals surface area (Å²) in [4.78, 5) is 28.4. The first-order valence-corrected chi connectivity index (χ1v) is 6.88. The topological polar surface area (TPSA) is 92.4 Å². The van der Waals surface area contributed by atoms with Gasteiger partial charge in [-0.05, 0) is 13.3 Å². The van der Waals surface area contributed by atoms with Gasteiger partial charge in [-0.25, -0.2) is 4.98 Å². The average Bonchev–Trinajstić information content (AvgIpc) is 2.79. The summed E-state index contributed by atoms with van der Waals surface area (Å²) >= 11 is 1.52. The second-order valence-corrected chi connectivity index (χ2v) is 5.42. The normalized spacial score (nSPS) is 10.5. The Hall–Kier alpha value is -2.15. The van der Waals surface area contributed by atoms with Gasteiger partial charge in [-0.1, -0.05) is 6.92 Å². The zero-order valence-corrected chi connectivity index (χ0v) is 11.9. The van der Waals surface area contributed by atoms with Crippen molar-refractivity contribution >= 4 is 17.2 Å². The molecular formula is C13H14N2O4S. The van der Waals surface area contributed by atoms with Gasteiger partial charge in [-0.3, -0.25) is 9.59 Å². The van der Waals surface area contributed by atoms with Crippen LogP contribution in [-0.4, -0.2) is 16.0 Å². The molecule has 0 radical (unpaired) electrons. The standard InChI is InChI=1S/C13H14N2O4S/c1-3-8-12(20-7(2)15-8)5-14-13(18)11-4-9(16)10(17)6-19-11/h4,6,17H,3,5H2,1-2H3,(H,14,18). The zero-order valence-electron chi connectivity index (χ0n) is 11.1. The largest absolute Gasteiger partial charge is 0.502 e. The molecule has 2 aromatic rings. The molecule has 0 bridgehead atoms. The molecule has 0 aromatic carbocycles. The van der Waals surface area contributed by atoms with Gasteiger partial charge in [-0.2, -0.15) is 0 Å². The molecule has 1 amide bonds. The highest BCUT2D eigenvalue weighted by Gasteiger charge is 2.13. The van der Waals surface area contributed by atoms with E-state index in [2.05, 4.69) is 10.3 Å². The SMILES string of the molecule is CCc1nc(C)sc1CNC(=O)c1cc(=O)c(O)co1. The summed E-state index contributed by atoms with van der Waals surface area (Å²) in [6.07, 6.45) is 1.65. The maximum atomic E-state index is 11.8. The van der Waals surface area contributed by atoms with E-state index in [1.807, 2.05) is 13.8 Å². The lowest BCUT2D eigenvalue weighted by molar-refractivity contribution is 0.0920. The number of nitrogens with zero attached hydrogens (tertiary/aromatic N) is 1. The van der Waals surface area contributed by atoms with Crippen LogP contribution in [0.2, 0.25) is 0 Å². The number of hydrogen-bond acceptors (Lipinski definition) is 6. The van der Waals surface area contributed by atoms with E-state index in [1.165, 1.54) is 11.3 Å². The van der Waals surface area contributed by atoms with Gasteiger partial charge in [0.15, 0.2) is 11.5 Å². The second-order valence-electron chi connectivity index (χ2n) is 4.13. The molecule has 0 aliphatic carbocycles. The molecule has 2 aromatic heterocycles. The number of rotatable bonds is 4. The highest BCUT2D eigenvalue weighted by Crippen LogP contribution is 2.18. The molecule has 0 saturated heterocycles. The van der Waals surface area contributed by atoms with Crippen molar-refractivity contribution < 1.29 is 14.3 Å². The minimum atomic E-state index is -0.649. The molecule has 0 atom stereocenters. The van der Waals surface area contributed by atoms with Crippen molar-refractivity contribution in [3.63, 3.8) is 0 Å². The van der Waals surface area contributed by atoms with Crippen molar-refractivity contribution in [2.24, 2.45) is 0 Å². The number of thiazole rings is 1. The van der Waals surface area contributed by atoms with Crippen LogP contribution in [0.3, 0.4) is 0 Å². The zero-order chi connectivity index (χ0) is 14.7. The third kappa shape index (κ3) is 3.05. The number of aromatic nitrogens is 1. The van der Waals surface area contributed by atoms with Crippen molar-refractivity contribution in [3.05, 3.63) is 43.9 Å². The van der Waals surface area contributed by atoms with Crippen LogP contribution in [0.15, 0.2) is 21.5 Å². The molecule has 0 fully saturated rings. The minimum Gasteiger partial charge on any atom is -0.502 e. The third-order valence-corrected chi connectivity index (χ3v) is 3.68. The lowest BCUT2D eigenvalue weighted by Crippen LogP contribution is -2.23. The molecule has 6 nitrogen and oxygen atoms in total. The quantitative estimate of drug-likeness (QED) is 0.893. The van der Waals surface area contributed by atoms with Crippen LogP contribution >= 0.6 is 11.3 Å². The highest BCUT2D eigenvalue weighted by atomic mass is 32.1. The lowest BCUT2D eigenvalue weighted by Gasteiger charge is -2.03. The van der Waals surface area contributed by atoms with Crippen LogP contribution in [0.25, 0.3) is 0 Å². The number of aromatic hydroxyl groups is 1. The fourth-order valence-electron chi connectivity index (χ4n) is 1.70. The Morgan fingerprint density at radius 2 is 2.30 bits per heavy atom. The Labute approximate surface area is 119 Å². The predicted octanol–water partition coefficient (Wildman–Crippen LogP) is 1.60. The number of aryl methyl sites for hydroxylation is 2. The van der Waals surface area contributed by atoms with E-state index in [1.54, 1.807) is 0 Å². The van der Waals surface area contributed by atoms with E-state index in [0.717, 1.165) is 34.3 Å². The Morgan fingerprint density at radius 1 is 1.55 bits per heavy atom. The molecule has 2 rings (SSSR count). The lowest BCUT2D eigenvalue weighted by atomic mass is 10.3. The Morgan fingerprint density at radius 3 is 2.95 bits per heavy atom. The van der Waals surface area contributed by atoms with E-state index in [4.69, 9.17) is 9.52 Å². The molecule has 20 heavy (non-hydrogen) atoms. The average molecular weight is 294 g/mol. The van der Waals surface area contributed by atoms with Crippen LogP contribution in [-0.2, 0) is 13.0 Å². The number of hydrogen-bond donors (Lipinski definition) is 2. The van der Waals surface area contributed by atoms with Crippen molar-refractivity contribution in [2.45, 2.75) is 26.8 Å². The first-order valence-electron chi connectivity index (χ1n) is 6.06. The molecule has 2 N–H and O–H groups in total. The van der Waals surface area contributed by atoms with Crippen LogP contribution in [0.1, 0.15) is 33.1 Å². The Balaban J connectivity index is 2.08. The summed E-state index contributed by atoms with van der Waals surface area (Å²) in [7, 11) is 0. The maximum absolute atomic E-state index is 11.8. The van der Waals surface area contributed by atoms with Gasteiger partial charge in [0.05, 0.1) is 17.2 Å². The van der Waals surface area contributed by atoms with Crippen LogP contribution < -0.4 is 10.7 Å². The summed E-state index contributed by atoms with van der Waals surface area (Å²) in [5.74, 6) is -1.16. The Kier molecular flexibility index (Phi) is 4.19. The fraction of sp³-hybridized carbons (Fsp3) is 0.308. The minimum absolute atomic E-state index is 0.132. The molecule has 0 aliphatic heterocycles. The molecule has 0 unspecified atom stereocenters. The van der Waals surface area contributed by atoms with Crippen molar-refractivity contribution in [3.8, 4) is 5.75 Å². The van der Waals surface area contributed by atoms with E-state index >= 15 is 0 Å². The van der Waals surface area contributed by atoms with Crippen LogP contribution in [0.5, 0.6) is 5.75 Å². The van der Waals surface area contributed by atoms with E-state index in [9.17, 15) is 9.59 Å². The van der Waals surface area contributed by atoms with Gasteiger partial charge in [0, 0.05) is 10.9 Å². The summed E-state index contributed by atoms with van der Waals surface area (Å²) in [5, 5.41) is 12.7. The predicted molar refractivity (Wildman–Crippen MR) is 74.0 cm³/mol. The molecule has 0 spiro atoms. The smallest absolute Gasteiger partial charge is 0.287 e. The van der Waals surface area contributed by atoms with E-state index < -0.39 is 17.1 Å². The fourth-order valence-corrected chi connectivity index (χ4v) is 2.66. The van der Waals surface area contributed by atoms with Gasteiger partial charge >= 0.3 is 0 Å².